The summed E-state index contributed by atoms with van der Waals surface area (Å²) in [6, 6.07) is 8.51. The smallest absolute Gasteiger partial charge is 0.330 e. The maximum Gasteiger partial charge on any atom is 0.330 e. The predicted octanol–water partition coefficient (Wildman–Crippen LogP) is -1.04. The molecule has 1 aromatic carbocycles. The number of ether oxygens (including phenoxy) is 2. The van der Waals surface area contributed by atoms with Gasteiger partial charge < -0.3 is 25.0 Å². The molecule has 0 unspecified atom stereocenters. The van der Waals surface area contributed by atoms with Crippen LogP contribution in [-0.2, 0) is 11.3 Å². The summed E-state index contributed by atoms with van der Waals surface area (Å²) in [4.78, 5) is 25.1. The highest BCUT2D eigenvalue weighted by Gasteiger charge is 2.43. The van der Waals surface area contributed by atoms with Gasteiger partial charge in [0.05, 0.1) is 0 Å². The highest BCUT2D eigenvalue weighted by atomic mass is 16.6. The zero-order chi connectivity index (χ0) is 20.1. The van der Waals surface area contributed by atoms with E-state index in [4.69, 9.17) is 15.9 Å². The number of aliphatic hydroxyl groups excluding tert-OH is 2. The lowest BCUT2D eigenvalue weighted by atomic mass is 10.1. The van der Waals surface area contributed by atoms with Crippen molar-refractivity contribution in [3.63, 3.8) is 0 Å². The fourth-order valence-corrected chi connectivity index (χ4v) is 2.94. The molecule has 1 aliphatic heterocycles. The largest absolute Gasteiger partial charge is 0.481 e. The van der Waals surface area contributed by atoms with Crippen molar-refractivity contribution in [1.29, 1.82) is 0 Å². The van der Waals surface area contributed by atoms with Gasteiger partial charge in [-0.25, -0.2) is 4.79 Å². The van der Waals surface area contributed by atoms with Crippen molar-refractivity contribution in [3.8, 4) is 18.1 Å². The van der Waals surface area contributed by atoms with Crippen molar-refractivity contribution in [1.82, 2.24) is 14.9 Å². The van der Waals surface area contributed by atoms with Gasteiger partial charge in [-0.2, -0.15) is 0 Å². The first-order chi connectivity index (χ1) is 13.5. The second-order valence-corrected chi connectivity index (χ2v) is 6.33. The summed E-state index contributed by atoms with van der Waals surface area (Å²) in [5.74, 6) is 3.07. The SMILES string of the molecule is C#CCOc1ccc(CNC[C@H]2O[C@@H](n3ccc(=O)[nH]c3=O)[C@H](O)[C@@H]2O)cc1. The lowest BCUT2D eigenvalue weighted by Crippen LogP contribution is -2.38. The van der Waals surface area contributed by atoms with Gasteiger partial charge in [-0.05, 0) is 17.7 Å². The van der Waals surface area contributed by atoms with Crippen LogP contribution < -0.4 is 21.3 Å². The molecule has 1 saturated heterocycles. The monoisotopic (exact) mass is 387 g/mol. The molecule has 1 aliphatic rings. The summed E-state index contributed by atoms with van der Waals surface area (Å²) >= 11 is 0. The number of terminal acetylenes is 1. The Bertz CT molecular complexity index is 946. The first-order valence-corrected chi connectivity index (χ1v) is 8.68. The maximum atomic E-state index is 11.9. The molecule has 148 valence electrons. The maximum absolute atomic E-state index is 11.9. The first kappa shape index (κ1) is 19.9. The highest BCUT2D eigenvalue weighted by Crippen LogP contribution is 2.27. The van der Waals surface area contributed by atoms with E-state index >= 15 is 0 Å². The summed E-state index contributed by atoms with van der Waals surface area (Å²) < 4.78 is 12.0. The Morgan fingerprint density at radius 1 is 1.21 bits per heavy atom. The van der Waals surface area contributed by atoms with E-state index in [9.17, 15) is 19.8 Å². The number of benzene rings is 1. The van der Waals surface area contributed by atoms with Crippen LogP contribution in [0.15, 0.2) is 46.1 Å². The van der Waals surface area contributed by atoms with E-state index in [-0.39, 0.29) is 13.2 Å². The van der Waals surface area contributed by atoms with Crippen LogP contribution in [0.2, 0.25) is 0 Å². The lowest BCUT2D eigenvalue weighted by molar-refractivity contribution is -0.0392. The van der Waals surface area contributed by atoms with Gasteiger partial charge in [0.1, 0.15) is 30.7 Å². The van der Waals surface area contributed by atoms with Crippen LogP contribution in [0.25, 0.3) is 0 Å². The molecule has 4 atom stereocenters. The average Bonchev–Trinajstić information content (AvgIpc) is 2.96. The number of hydrogen-bond donors (Lipinski definition) is 4. The zero-order valence-electron chi connectivity index (χ0n) is 14.9. The molecule has 0 radical (unpaired) electrons. The van der Waals surface area contributed by atoms with Crippen LogP contribution >= 0.6 is 0 Å². The van der Waals surface area contributed by atoms with Gasteiger partial charge in [-0.1, -0.05) is 18.1 Å². The number of rotatable bonds is 7. The number of nitrogens with zero attached hydrogens (tertiary/aromatic N) is 1. The molecule has 0 bridgehead atoms. The van der Waals surface area contributed by atoms with Crippen molar-refractivity contribution in [2.75, 3.05) is 13.2 Å². The van der Waals surface area contributed by atoms with Gasteiger partial charge in [0.2, 0.25) is 0 Å². The van der Waals surface area contributed by atoms with Crippen LogP contribution in [0.1, 0.15) is 11.8 Å². The average molecular weight is 387 g/mol. The summed E-state index contributed by atoms with van der Waals surface area (Å²) in [5.41, 5.74) is -0.290. The summed E-state index contributed by atoms with van der Waals surface area (Å²) in [5, 5.41) is 23.6. The molecule has 1 fully saturated rings. The highest BCUT2D eigenvalue weighted by molar-refractivity contribution is 5.27. The molecular formula is C19H21N3O6. The molecule has 0 saturated carbocycles. The minimum absolute atomic E-state index is 0.205. The zero-order valence-corrected chi connectivity index (χ0v) is 14.9. The third-order valence-corrected chi connectivity index (χ3v) is 4.38. The van der Waals surface area contributed by atoms with E-state index in [1.807, 2.05) is 12.1 Å². The first-order valence-electron chi connectivity index (χ1n) is 8.68. The molecule has 2 aromatic rings. The van der Waals surface area contributed by atoms with Crippen LogP contribution in [-0.4, -0.2) is 51.2 Å². The van der Waals surface area contributed by atoms with Crippen LogP contribution in [0.4, 0.5) is 0 Å². The Labute approximate surface area is 160 Å². The van der Waals surface area contributed by atoms with Crippen LogP contribution in [0, 0.1) is 12.3 Å². The molecule has 2 heterocycles. The Balaban J connectivity index is 1.55. The van der Waals surface area contributed by atoms with Crippen molar-refractivity contribution in [2.24, 2.45) is 0 Å². The third kappa shape index (κ3) is 4.49. The quantitative estimate of drug-likeness (QED) is 0.447. The molecule has 0 amide bonds. The Morgan fingerprint density at radius 3 is 2.64 bits per heavy atom. The van der Waals surface area contributed by atoms with Crippen molar-refractivity contribution in [3.05, 3.63) is 62.9 Å². The minimum Gasteiger partial charge on any atom is -0.481 e. The van der Waals surface area contributed by atoms with Crippen molar-refractivity contribution >= 4 is 0 Å². The fourth-order valence-electron chi connectivity index (χ4n) is 2.94. The van der Waals surface area contributed by atoms with E-state index in [2.05, 4.69) is 16.2 Å². The summed E-state index contributed by atoms with van der Waals surface area (Å²) in [7, 11) is 0. The van der Waals surface area contributed by atoms with Gasteiger partial charge in [0.25, 0.3) is 5.56 Å². The van der Waals surface area contributed by atoms with Gasteiger partial charge in [-0.3, -0.25) is 14.3 Å². The van der Waals surface area contributed by atoms with E-state index in [0.29, 0.717) is 12.3 Å². The van der Waals surface area contributed by atoms with Crippen molar-refractivity contribution < 1.29 is 19.7 Å². The van der Waals surface area contributed by atoms with Gasteiger partial charge in [0, 0.05) is 25.4 Å². The molecular weight excluding hydrogens is 366 g/mol. The molecule has 9 heteroatoms. The number of aliphatic hydroxyl groups is 2. The van der Waals surface area contributed by atoms with Gasteiger partial charge in [-0.15, -0.1) is 6.42 Å². The molecule has 4 N–H and O–H groups in total. The molecule has 0 aliphatic carbocycles. The van der Waals surface area contributed by atoms with Crippen molar-refractivity contribution in [2.45, 2.75) is 31.1 Å². The number of nitrogens with one attached hydrogen (secondary N) is 2. The topological polar surface area (TPSA) is 126 Å². The standard InChI is InChI=1S/C19H21N3O6/c1-2-9-27-13-5-3-12(4-6-13)10-20-11-14-16(24)17(25)18(28-14)22-8-7-15(23)21-19(22)26/h1,3-8,14,16-18,20,24-25H,9-11H2,(H,21,23,26)/t14-,16-,17-,18-/m1/s1. The van der Waals surface area contributed by atoms with E-state index in [1.165, 1.54) is 6.20 Å². The Kier molecular flexibility index (Phi) is 6.28. The van der Waals surface area contributed by atoms with Gasteiger partial charge >= 0.3 is 5.69 Å². The van der Waals surface area contributed by atoms with E-state index < -0.39 is 35.8 Å². The lowest BCUT2D eigenvalue weighted by Gasteiger charge is -2.16. The van der Waals surface area contributed by atoms with E-state index in [0.717, 1.165) is 16.2 Å². The number of H-pyrrole nitrogens is 1. The summed E-state index contributed by atoms with van der Waals surface area (Å²) in [6.45, 7) is 0.958. The third-order valence-electron chi connectivity index (χ3n) is 4.38. The second kappa shape index (κ2) is 8.86. The molecule has 28 heavy (non-hydrogen) atoms. The number of aromatic amines is 1. The molecule has 9 nitrogen and oxygen atoms in total. The van der Waals surface area contributed by atoms with E-state index in [1.54, 1.807) is 12.1 Å². The molecule has 3 rings (SSSR count). The Hall–Kier alpha value is -2.90. The number of hydrogen-bond acceptors (Lipinski definition) is 7. The van der Waals surface area contributed by atoms with Crippen LogP contribution in [0.3, 0.4) is 0 Å². The normalized spacial score (nSPS) is 24.0. The molecule has 0 spiro atoms. The van der Waals surface area contributed by atoms with Crippen LogP contribution in [0.5, 0.6) is 5.75 Å². The Morgan fingerprint density at radius 2 is 1.96 bits per heavy atom. The minimum atomic E-state index is -1.30. The predicted molar refractivity (Wildman–Crippen MR) is 99.7 cm³/mol. The van der Waals surface area contributed by atoms with Gasteiger partial charge in [0.15, 0.2) is 6.23 Å². The fraction of sp³-hybridized carbons (Fsp3) is 0.368. The number of aromatic nitrogens is 2. The second-order valence-electron chi connectivity index (χ2n) is 6.33. The summed E-state index contributed by atoms with van der Waals surface area (Å²) in [6.07, 6.45) is 2.07. The molecule has 1 aromatic heterocycles.